The zero-order chi connectivity index (χ0) is 15.4. The average molecular weight is 290 g/mol. The summed E-state index contributed by atoms with van der Waals surface area (Å²) in [6.07, 6.45) is 0.693. The summed E-state index contributed by atoms with van der Waals surface area (Å²) in [7, 11) is 3.20. The molecule has 20 heavy (non-hydrogen) atoms. The second-order valence-corrected chi connectivity index (χ2v) is 4.33. The minimum Gasteiger partial charge on any atom is -0.481 e. The number of rotatable bonds is 11. The number of hydrogen-bond acceptors (Lipinski definition) is 4. The highest BCUT2D eigenvalue weighted by atomic mass is 16.5. The molecule has 0 aliphatic rings. The van der Waals surface area contributed by atoms with E-state index in [1.165, 1.54) is 4.90 Å². The zero-order valence-corrected chi connectivity index (χ0v) is 12.6. The maximum absolute atomic E-state index is 12.3. The SMILES string of the molecule is CCN(CCC(=O)O)C(=O)N(CCCOC)CCOC. The molecular formula is C13H26N2O5. The predicted octanol–water partition coefficient (Wildman–Crippen LogP) is 0.888. The molecule has 0 unspecified atom stereocenters. The summed E-state index contributed by atoms with van der Waals surface area (Å²) in [6.45, 7) is 4.64. The van der Waals surface area contributed by atoms with Gasteiger partial charge in [-0.2, -0.15) is 0 Å². The van der Waals surface area contributed by atoms with E-state index in [4.69, 9.17) is 14.6 Å². The lowest BCUT2D eigenvalue weighted by Gasteiger charge is -2.29. The van der Waals surface area contributed by atoms with E-state index >= 15 is 0 Å². The minimum atomic E-state index is -0.904. The van der Waals surface area contributed by atoms with Crippen LogP contribution in [0.25, 0.3) is 0 Å². The van der Waals surface area contributed by atoms with Crippen LogP contribution in [-0.2, 0) is 14.3 Å². The molecule has 7 nitrogen and oxygen atoms in total. The van der Waals surface area contributed by atoms with Gasteiger partial charge in [0.15, 0.2) is 0 Å². The van der Waals surface area contributed by atoms with Crippen LogP contribution in [0.1, 0.15) is 19.8 Å². The van der Waals surface area contributed by atoms with E-state index in [9.17, 15) is 9.59 Å². The molecular weight excluding hydrogens is 264 g/mol. The zero-order valence-electron chi connectivity index (χ0n) is 12.6. The van der Waals surface area contributed by atoms with Crippen LogP contribution < -0.4 is 0 Å². The lowest BCUT2D eigenvalue weighted by molar-refractivity contribution is -0.137. The van der Waals surface area contributed by atoms with Crippen LogP contribution in [0.4, 0.5) is 4.79 Å². The number of methoxy groups -OCH3 is 2. The molecule has 0 atom stereocenters. The molecule has 1 N–H and O–H groups in total. The van der Waals surface area contributed by atoms with Gasteiger partial charge in [-0.1, -0.05) is 0 Å². The first-order chi connectivity index (χ1) is 9.56. The number of aliphatic carboxylic acids is 1. The number of urea groups is 1. The molecule has 0 radical (unpaired) electrons. The van der Waals surface area contributed by atoms with Crippen LogP contribution in [0.3, 0.4) is 0 Å². The topological polar surface area (TPSA) is 79.3 Å². The van der Waals surface area contributed by atoms with Gasteiger partial charge in [0.25, 0.3) is 0 Å². The van der Waals surface area contributed by atoms with Crippen molar-refractivity contribution in [1.29, 1.82) is 0 Å². The number of carbonyl (C=O) groups is 2. The fourth-order valence-electron chi connectivity index (χ4n) is 1.72. The minimum absolute atomic E-state index is 0.0459. The Morgan fingerprint density at radius 3 is 2.15 bits per heavy atom. The third-order valence-electron chi connectivity index (χ3n) is 2.86. The van der Waals surface area contributed by atoms with Gasteiger partial charge in [-0.3, -0.25) is 4.79 Å². The molecule has 0 fully saturated rings. The highest BCUT2D eigenvalue weighted by molar-refractivity contribution is 5.75. The Morgan fingerprint density at radius 2 is 1.65 bits per heavy atom. The van der Waals surface area contributed by atoms with Gasteiger partial charge in [0.05, 0.1) is 13.0 Å². The molecule has 0 heterocycles. The van der Waals surface area contributed by atoms with Crippen molar-refractivity contribution in [1.82, 2.24) is 9.80 Å². The van der Waals surface area contributed by atoms with E-state index in [2.05, 4.69) is 0 Å². The number of carboxylic acid groups (broad SMARTS) is 1. The highest BCUT2D eigenvalue weighted by Gasteiger charge is 2.19. The van der Waals surface area contributed by atoms with E-state index in [0.717, 1.165) is 6.42 Å². The van der Waals surface area contributed by atoms with Gasteiger partial charge in [0, 0.05) is 47.0 Å². The summed E-state index contributed by atoms with van der Waals surface area (Å²) in [6, 6.07) is -0.151. The summed E-state index contributed by atoms with van der Waals surface area (Å²) in [5, 5.41) is 8.70. The molecule has 0 spiro atoms. The van der Waals surface area contributed by atoms with E-state index < -0.39 is 5.97 Å². The van der Waals surface area contributed by atoms with Gasteiger partial charge < -0.3 is 24.4 Å². The molecule has 0 saturated heterocycles. The first-order valence-electron chi connectivity index (χ1n) is 6.80. The molecule has 7 heteroatoms. The monoisotopic (exact) mass is 290 g/mol. The largest absolute Gasteiger partial charge is 0.481 e. The lowest BCUT2D eigenvalue weighted by atomic mass is 10.3. The normalized spacial score (nSPS) is 10.3. The Bertz CT molecular complexity index is 286. The van der Waals surface area contributed by atoms with Crippen molar-refractivity contribution in [3.8, 4) is 0 Å². The van der Waals surface area contributed by atoms with Crippen LogP contribution in [0.2, 0.25) is 0 Å². The van der Waals surface area contributed by atoms with Crippen molar-refractivity contribution >= 4 is 12.0 Å². The molecule has 0 aromatic carbocycles. The maximum Gasteiger partial charge on any atom is 0.320 e. The van der Waals surface area contributed by atoms with Crippen molar-refractivity contribution in [2.45, 2.75) is 19.8 Å². The van der Waals surface area contributed by atoms with Crippen LogP contribution in [0, 0.1) is 0 Å². The third-order valence-corrected chi connectivity index (χ3v) is 2.86. The molecule has 0 aromatic rings. The van der Waals surface area contributed by atoms with E-state index in [0.29, 0.717) is 32.8 Å². The first-order valence-corrected chi connectivity index (χ1v) is 6.80. The van der Waals surface area contributed by atoms with Crippen molar-refractivity contribution in [3.63, 3.8) is 0 Å². The Hall–Kier alpha value is -1.34. The van der Waals surface area contributed by atoms with Crippen LogP contribution in [0.5, 0.6) is 0 Å². The maximum atomic E-state index is 12.3. The number of nitrogens with zero attached hydrogens (tertiary/aromatic N) is 2. The van der Waals surface area contributed by atoms with Gasteiger partial charge in [-0.15, -0.1) is 0 Å². The summed E-state index contributed by atoms with van der Waals surface area (Å²) < 4.78 is 9.98. The number of carbonyl (C=O) groups excluding carboxylic acids is 1. The smallest absolute Gasteiger partial charge is 0.320 e. The summed E-state index contributed by atoms with van der Waals surface area (Å²) in [4.78, 5) is 26.2. The van der Waals surface area contributed by atoms with Crippen molar-refractivity contribution < 1.29 is 24.2 Å². The quantitative estimate of drug-likeness (QED) is 0.572. The van der Waals surface area contributed by atoms with E-state index in [1.54, 1.807) is 19.1 Å². The van der Waals surface area contributed by atoms with Crippen LogP contribution >= 0.6 is 0 Å². The molecule has 0 aromatic heterocycles. The Kier molecular flexibility index (Phi) is 10.7. The standard InChI is InChI=1S/C13H26N2O5/c1-4-14(8-6-12(16)17)13(18)15(9-11-20-3)7-5-10-19-2/h4-11H2,1-3H3,(H,16,17). The van der Waals surface area contributed by atoms with E-state index in [-0.39, 0.29) is 19.0 Å². The molecule has 0 bridgehead atoms. The van der Waals surface area contributed by atoms with Crippen molar-refractivity contribution in [2.75, 3.05) is 53.6 Å². The van der Waals surface area contributed by atoms with Gasteiger partial charge >= 0.3 is 12.0 Å². The first kappa shape index (κ1) is 18.7. The second kappa shape index (κ2) is 11.5. The fraction of sp³-hybridized carbons (Fsp3) is 0.846. The van der Waals surface area contributed by atoms with Gasteiger partial charge in [0.1, 0.15) is 0 Å². The number of ether oxygens (including phenoxy) is 2. The summed E-state index contributed by atoms with van der Waals surface area (Å²) in [5.41, 5.74) is 0. The van der Waals surface area contributed by atoms with E-state index in [1.807, 2.05) is 6.92 Å². The molecule has 0 rings (SSSR count). The van der Waals surface area contributed by atoms with Crippen LogP contribution in [-0.4, -0.2) is 80.5 Å². The Labute approximate surface area is 120 Å². The molecule has 2 amide bonds. The molecule has 0 aliphatic carbocycles. The van der Waals surface area contributed by atoms with Gasteiger partial charge in [0.2, 0.25) is 0 Å². The van der Waals surface area contributed by atoms with Gasteiger partial charge in [-0.05, 0) is 13.3 Å². The number of carboxylic acids is 1. The Balaban J connectivity index is 4.48. The summed E-state index contributed by atoms with van der Waals surface area (Å²) in [5.74, 6) is -0.904. The fourth-order valence-corrected chi connectivity index (χ4v) is 1.72. The lowest BCUT2D eigenvalue weighted by Crippen LogP contribution is -2.45. The summed E-state index contributed by atoms with van der Waals surface area (Å²) >= 11 is 0. The Morgan fingerprint density at radius 1 is 1.00 bits per heavy atom. The molecule has 118 valence electrons. The molecule has 0 saturated carbocycles. The van der Waals surface area contributed by atoms with Crippen LogP contribution in [0.15, 0.2) is 0 Å². The molecule has 0 aliphatic heterocycles. The average Bonchev–Trinajstić information content (AvgIpc) is 2.42. The highest BCUT2D eigenvalue weighted by Crippen LogP contribution is 2.03. The number of hydrogen-bond donors (Lipinski definition) is 1. The third kappa shape index (κ3) is 7.96. The predicted molar refractivity (Wildman–Crippen MR) is 74.8 cm³/mol. The van der Waals surface area contributed by atoms with Gasteiger partial charge in [-0.25, -0.2) is 4.79 Å². The second-order valence-electron chi connectivity index (χ2n) is 4.33. The van der Waals surface area contributed by atoms with Crippen molar-refractivity contribution in [3.05, 3.63) is 0 Å². The number of amides is 2. The van der Waals surface area contributed by atoms with Crippen molar-refractivity contribution in [2.24, 2.45) is 0 Å².